The molecule has 4 nitrogen and oxygen atoms in total. The summed E-state index contributed by atoms with van der Waals surface area (Å²) in [6, 6.07) is 24.9. The highest BCUT2D eigenvalue weighted by Gasteiger charge is 2.21. The number of rotatable bonds is 5. The molecule has 0 atom stereocenters. The fraction of sp³-hybridized carbons (Fsp3) is 0.240. The fourth-order valence-electron chi connectivity index (χ4n) is 4.20. The summed E-state index contributed by atoms with van der Waals surface area (Å²) in [5, 5.41) is 0.749. The molecule has 0 saturated carbocycles. The van der Waals surface area contributed by atoms with Crippen molar-refractivity contribution in [1.82, 2.24) is 19.2 Å². The van der Waals surface area contributed by atoms with Crippen molar-refractivity contribution in [2.75, 3.05) is 26.2 Å². The Morgan fingerprint density at radius 3 is 2.13 bits per heavy atom. The van der Waals surface area contributed by atoms with Crippen LogP contribution in [0.15, 0.2) is 79.0 Å². The maximum absolute atomic E-state index is 6.11. The number of halogens is 1. The molecular formula is C25H25ClN4. The number of aromatic nitrogens is 2. The molecule has 30 heavy (non-hydrogen) atoms. The average molecular weight is 417 g/mol. The molecule has 2 aromatic heterocycles. The van der Waals surface area contributed by atoms with E-state index >= 15 is 0 Å². The second kappa shape index (κ2) is 8.60. The van der Waals surface area contributed by atoms with Gasteiger partial charge in [0.1, 0.15) is 5.65 Å². The Bertz CT molecular complexity index is 1110. The van der Waals surface area contributed by atoms with Crippen LogP contribution in [-0.4, -0.2) is 45.4 Å². The van der Waals surface area contributed by atoms with Crippen LogP contribution in [0.3, 0.4) is 0 Å². The largest absolute Gasteiger partial charge is 0.302 e. The Morgan fingerprint density at radius 1 is 0.733 bits per heavy atom. The molecule has 0 spiro atoms. The molecule has 1 aliphatic rings. The third-order valence-electron chi connectivity index (χ3n) is 5.83. The van der Waals surface area contributed by atoms with Crippen molar-refractivity contribution in [1.29, 1.82) is 0 Å². The summed E-state index contributed by atoms with van der Waals surface area (Å²) >= 11 is 6.11. The van der Waals surface area contributed by atoms with Crippen LogP contribution >= 0.6 is 11.6 Å². The number of benzene rings is 2. The number of nitrogens with zero attached hydrogens (tertiary/aromatic N) is 4. The minimum absolute atomic E-state index is 0.749. The first kappa shape index (κ1) is 19.3. The first-order valence-corrected chi connectivity index (χ1v) is 10.8. The van der Waals surface area contributed by atoms with Crippen molar-refractivity contribution in [3.63, 3.8) is 0 Å². The Labute approximate surface area is 182 Å². The summed E-state index contributed by atoms with van der Waals surface area (Å²) in [5.41, 5.74) is 5.77. The molecule has 1 aliphatic heterocycles. The van der Waals surface area contributed by atoms with E-state index in [1.807, 2.05) is 18.2 Å². The molecule has 3 heterocycles. The van der Waals surface area contributed by atoms with Gasteiger partial charge < -0.3 is 4.40 Å². The van der Waals surface area contributed by atoms with Gasteiger partial charge >= 0.3 is 0 Å². The van der Waals surface area contributed by atoms with Crippen molar-refractivity contribution < 1.29 is 0 Å². The van der Waals surface area contributed by atoms with Crippen LogP contribution in [0.25, 0.3) is 16.9 Å². The lowest BCUT2D eigenvalue weighted by atomic mass is 10.1. The van der Waals surface area contributed by atoms with E-state index in [1.165, 1.54) is 11.3 Å². The highest BCUT2D eigenvalue weighted by molar-refractivity contribution is 6.30. The SMILES string of the molecule is Clc1ccc(-c2nc3ccccn3c2CN2CCN(Cc3ccccc3)CC2)cc1. The van der Waals surface area contributed by atoms with Crippen LogP contribution in [0.5, 0.6) is 0 Å². The van der Waals surface area contributed by atoms with Crippen molar-refractivity contribution in [2.24, 2.45) is 0 Å². The lowest BCUT2D eigenvalue weighted by molar-refractivity contribution is 0.121. The number of hydrogen-bond acceptors (Lipinski definition) is 3. The smallest absolute Gasteiger partial charge is 0.137 e. The first-order valence-electron chi connectivity index (χ1n) is 10.5. The van der Waals surface area contributed by atoms with Gasteiger partial charge in [0.15, 0.2) is 0 Å². The quantitative estimate of drug-likeness (QED) is 0.458. The minimum Gasteiger partial charge on any atom is -0.302 e. The van der Waals surface area contributed by atoms with Gasteiger partial charge in [0.2, 0.25) is 0 Å². The molecule has 5 rings (SSSR count). The molecule has 0 radical (unpaired) electrons. The van der Waals surface area contributed by atoms with E-state index in [0.29, 0.717) is 0 Å². The fourth-order valence-corrected chi connectivity index (χ4v) is 4.32. The minimum atomic E-state index is 0.749. The van der Waals surface area contributed by atoms with E-state index < -0.39 is 0 Å². The van der Waals surface area contributed by atoms with Crippen molar-refractivity contribution in [3.8, 4) is 11.3 Å². The molecule has 0 unspecified atom stereocenters. The summed E-state index contributed by atoms with van der Waals surface area (Å²) in [4.78, 5) is 10.0. The van der Waals surface area contributed by atoms with Crippen LogP contribution in [-0.2, 0) is 13.1 Å². The van der Waals surface area contributed by atoms with Gasteiger partial charge in [0.25, 0.3) is 0 Å². The van der Waals surface area contributed by atoms with Crippen LogP contribution in [0.4, 0.5) is 0 Å². The Morgan fingerprint density at radius 2 is 1.40 bits per heavy atom. The van der Waals surface area contributed by atoms with E-state index in [-0.39, 0.29) is 0 Å². The van der Waals surface area contributed by atoms with Gasteiger partial charge in [-0.05, 0) is 29.8 Å². The predicted molar refractivity (Wildman–Crippen MR) is 123 cm³/mol. The van der Waals surface area contributed by atoms with E-state index in [2.05, 4.69) is 75.0 Å². The molecule has 0 bridgehead atoms. The second-order valence-electron chi connectivity index (χ2n) is 7.88. The van der Waals surface area contributed by atoms with Gasteiger partial charge in [-0.15, -0.1) is 0 Å². The van der Waals surface area contributed by atoms with Crippen molar-refractivity contribution >= 4 is 17.2 Å². The van der Waals surface area contributed by atoms with Crippen LogP contribution < -0.4 is 0 Å². The summed E-state index contributed by atoms with van der Waals surface area (Å²) in [7, 11) is 0. The van der Waals surface area contributed by atoms with E-state index in [4.69, 9.17) is 16.6 Å². The monoisotopic (exact) mass is 416 g/mol. The van der Waals surface area contributed by atoms with Crippen molar-refractivity contribution in [3.05, 3.63) is 95.3 Å². The normalized spacial score (nSPS) is 15.6. The third-order valence-corrected chi connectivity index (χ3v) is 6.09. The maximum atomic E-state index is 6.11. The Balaban J connectivity index is 1.34. The summed E-state index contributed by atoms with van der Waals surface area (Å²) in [5.74, 6) is 0. The van der Waals surface area contributed by atoms with Gasteiger partial charge in [-0.3, -0.25) is 9.80 Å². The molecule has 2 aromatic carbocycles. The third kappa shape index (κ3) is 4.12. The predicted octanol–water partition coefficient (Wildman–Crippen LogP) is 4.97. The lowest BCUT2D eigenvalue weighted by Crippen LogP contribution is -2.45. The van der Waals surface area contributed by atoms with E-state index in [1.54, 1.807) is 0 Å². The number of pyridine rings is 1. The lowest BCUT2D eigenvalue weighted by Gasteiger charge is -2.34. The van der Waals surface area contributed by atoms with Crippen molar-refractivity contribution in [2.45, 2.75) is 13.1 Å². The van der Waals surface area contributed by atoms with Gasteiger partial charge in [-0.25, -0.2) is 4.98 Å². The number of hydrogen-bond donors (Lipinski definition) is 0. The zero-order valence-corrected chi connectivity index (χ0v) is 17.7. The second-order valence-corrected chi connectivity index (χ2v) is 8.32. The highest BCUT2D eigenvalue weighted by Crippen LogP contribution is 2.27. The van der Waals surface area contributed by atoms with Gasteiger partial charge in [-0.1, -0.05) is 60.1 Å². The van der Waals surface area contributed by atoms with E-state index in [9.17, 15) is 0 Å². The molecule has 0 amide bonds. The number of imidazole rings is 1. The Kier molecular flexibility index (Phi) is 5.54. The number of fused-ring (bicyclic) bond motifs is 1. The average Bonchev–Trinajstić information content (AvgIpc) is 3.15. The molecule has 4 aromatic rings. The van der Waals surface area contributed by atoms with Gasteiger partial charge in [0, 0.05) is 56.1 Å². The molecule has 0 aliphatic carbocycles. The molecular weight excluding hydrogens is 392 g/mol. The molecule has 0 N–H and O–H groups in total. The summed E-state index contributed by atoms with van der Waals surface area (Å²) in [6.07, 6.45) is 2.11. The molecule has 1 fully saturated rings. The van der Waals surface area contributed by atoms with Crippen LogP contribution in [0.2, 0.25) is 5.02 Å². The molecule has 1 saturated heterocycles. The zero-order chi connectivity index (χ0) is 20.3. The summed E-state index contributed by atoms with van der Waals surface area (Å²) in [6.45, 7) is 6.21. The topological polar surface area (TPSA) is 23.8 Å². The summed E-state index contributed by atoms with van der Waals surface area (Å²) < 4.78 is 2.22. The van der Waals surface area contributed by atoms with Crippen LogP contribution in [0.1, 0.15) is 11.3 Å². The van der Waals surface area contributed by atoms with E-state index in [0.717, 1.165) is 61.2 Å². The van der Waals surface area contributed by atoms with Crippen LogP contribution in [0, 0.1) is 0 Å². The van der Waals surface area contributed by atoms with Gasteiger partial charge in [0.05, 0.1) is 11.4 Å². The maximum Gasteiger partial charge on any atom is 0.137 e. The van der Waals surface area contributed by atoms with Gasteiger partial charge in [-0.2, -0.15) is 0 Å². The zero-order valence-electron chi connectivity index (χ0n) is 16.9. The number of piperazine rings is 1. The molecule has 5 heteroatoms. The molecule has 152 valence electrons. The first-order chi connectivity index (χ1) is 14.8. The Hall–Kier alpha value is -2.66. The highest BCUT2D eigenvalue weighted by atomic mass is 35.5. The standard InChI is InChI=1S/C25H25ClN4/c26-22-11-9-21(10-12-22)25-23(30-13-5-4-8-24(30)27-25)19-29-16-14-28(15-17-29)18-20-6-2-1-3-7-20/h1-13H,14-19H2.